The molecule has 0 aliphatic carbocycles. The van der Waals surface area contributed by atoms with Gasteiger partial charge >= 0.3 is 0 Å². The summed E-state index contributed by atoms with van der Waals surface area (Å²) in [5.41, 5.74) is 7.01. The van der Waals surface area contributed by atoms with Gasteiger partial charge < -0.3 is 10.5 Å². The minimum Gasteiger partial charge on any atom is -0.377 e. The smallest absolute Gasteiger partial charge is 0.0674 e. The van der Waals surface area contributed by atoms with Crippen LogP contribution in [0.5, 0.6) is 0 Å². The van der Waals surface area contributed by atoms with Crippen LogP contribution in [-0.4, -0.2) is 37.2 Å². The Morgan fingerprint density at radius 2 is 2.26 bits per heavy atom. The third kappa shape index (κ3) is 3.83. The fourth-order valence-electron chi connectivity index (χ4n) is 2.55. The Kier molecular flexibility index (Phi) is 5.48. The highest BCUT2D eigenvalue weighted by Gasteiger charge is 2.24. The topological polar surface area (TPSA) is 38.5 Å². The molecular weight excluding hydrogens is 283 g/mol. The van der Waals surface area contributed by atoms with Crippen molar-refractivity contribution in [2.75, 3.05) is 26.2 Å². The van der Waals surface area contributed by atoms with Gasteiger partial charge in [0.15, 0.2) is 0 Å². The van der Waals surface area contributed by atoms with Crippen LogP contribution in [0.3, 0.4) is 0 Å². The quantitative estimate of drug-likeness (QED) is 0.932. The molecule has 1 fully saturated rings. The summed E-state index contributed by atoms with van der Waals surface area (Å²) in [6.07, 6.45) is 1.24. The van der Waals surface area contributed by atoms with Crippen molar-refractivity contribution in [2.45, 2.75) is 25.5 Å². The van der Waals surface area contributed by atoms with Crippen LogP contribution in [0.2, 0.25) is 10.0 Å². The number of benzene rings is 1. The predicted molar refractivity (Wildman–Crippen MR) is 79.9 cm³/mol. The third-order valence-corrected chi connectivity index (χ3v) is 4.03. The molecule has 106 valence electrons. The van der Waals surface area contributed by atoms with Gasteiger partial charge in [-0.1, -0.05) is 29.3 Å². The molecule has 1 heterocycles. The van der Waals surface area contributed by atoms with Crippen LogP contribution in [0.15, 0.2) is 18.2 Å². The Morgan fingerprint density at radius 3 is 2.95 bits per heavy atom. The fraction of sp³-hybridized carbons (Fsp3) is 0.571. The molecule has 19 heavy (non-hydrogen) atoms. The second-order valence-corrected chi connectivity index (χ2v) is 5.79. The third-order valence-electron chi connectivity index (χ3n) is 3.47. The van der Waals surface area contributed by atoms with Gasteiger partial charge in [0.25, 0.3) is 0 Å². The Hall–Kier alpha value is -0.320. The van der Waals surface area contributed by atoms with E-state index in [1.54, 1.807) is 6.07 Å². The molecular formula is C14H20Cl2N2O. The Balaban J connectivity index is 2.22. The molecule has 0 aromatic heterocycles. The maximum atomic E-state index is 6.30. The van der Waals surface area contributed by atoms with Crippen molar-refractivity contribution < 1.29 is 4.74 Å². The highest BCUT2D eigenvalue weighted by molar-refractivity contribution is 6.35. The maximum absolute atomic E-state index is 6.30. The van der Waals surface area contributed by atoms with E-state index in [-0.39, 0.29) is 12.1 Å². The van der Waals surface area contributed by atoms with E-state index in [9.17, 15) is 0 Å². The molecule has 3 nitrogen and oxygen atoms in total. The van der Waals surface area contributed by atoms with E-state index in [0.717, 1.165) is 31.7 Å². The molecule has 0 radical (unpaired) electrons. The SMILES string of the molecule is CC1CN(C(CN)c2ccc(Cl)cc2Cl)CCCO1. The summed E-state index contributed by atoms with van der Waals surface area (Å²) in [7, 11) is 0. The molecule has 1 aliphatic heterocycles. The highest BCUT2D eigenvalue weighted by atomic mass is 35.5. The zero-order chi connectivity index (χ0) is 13.8. The van der Waals surface area contributed by atoms with Crippen LogP contribution in [0.25, 0.3) is 0 Å². The van der Waals surface area contributed by atoms with Gasteiger partial charge in [-0.3, -0.25) is 4.90 Å². The average Bonchev–Trinajstić information content (AvgIpc) is 2.58. The second-order valence-electron chi connectivity index (χ2n) is 4.95. The molecule has 0 amide bonds. The first-order valence-electron chi connectivity index (χ1n) is 6.62. The molecule has 1 aromatic carbocycles. The molecule has 1 aliphatic rings. The molecule has 2 unspecified atom stereocenters. The second kappa shape index (κ2) is 6.91. The number of ether oxygens (including phenoxy) is 1. The van der Waals surface area contributed by atoms with Crippen molar-refractivity contribution in [3.05, 3.63) is 33.8 Å². The number of halogens is 2. The van der Waals surface area contributed by atoms with Crippen molar-refractivity contribution in [1.29, 1.82) is 0 Å². The first kappa shape index (κ1) is 15.1. The molecule has 2 rings (SSSR count). The van der Waals surface area contributed by atoms with Gasteiger partial charge in [-0.25, -0.2) is 0 Å². The van der Waals surface area contributed by atoms with Crippen LogP contribution >= 0.6 is 23.2 Å². The average molecular weight is 303 g/mol. The van der Waals surface area contributed by atoms with Gasteiger partial charge in [-0.05, 0) is 31.0 Å². The molecule has 1 saturated heterocycles. The van der Waals surface area contributed by atoms with Crippen molar-refractivity contribution in [3.63, 3.8) is 0 Å². The van der Waals surface area contributed by atoms with E-state index in [2.05, 4.69) is 11.8 Å². The fourth-order valence-corrected chi connectivity index (χ4v) is 3.09. The molecule has 0 spiro atoms. The Labute approximate surface area is 124 Å². The molecule has 1 aromatic rings. The van der Waals surface area contributed by atoms with E-state index in [4.69, 9.17) is 33.7 Å². The van der Waals surface area contributed by atoms with E-state index < -0.39 is 0 Å². The first-order chi connectivity index (χ1) is 9.11. The number of nitrogens with zero attached hydrogens (tertiary/aromatic N) is 1. The van der Waals surface area contributed by atoms with Crippen molar-refractivity contribution >= 4 is 23.2 Å². The van der Waals surface area contributed by atoms with E-state index >= 15 is 0 Å². The van der Waals surface area contributed by atoms with Gasteiger partial charge in [0.1, 0.15) is 0 Å². The number of hydrogen-bond donors (Lipinski definition) is 1. The molecule has 2 atom stereocenters. The minimum absolute atomic E-state index is 0.119. The maximum Gasteiger partial charge on any atom is 0.0674 e. The van der Waals surface area contributed by atoms with Crippen molar-refractivity contribution in [2.24, 2.45) is 5.73 Å². The lowest BCUT2D eigenvalue weighted by Crippen LogP contribution is -2.37. The zero-order valence-corrected chi connectivity index (χ0v) is 12.6. The largest absolute Gasteiger partial charge is 0.377 e. The summed E-state index contributed by atoms with van der Waals surface area (Å²) in [6.45, 7) is 5.29. The Morgan fingerprint density at radius 1 is 1.47 bits per heavy atom. The molecule has 2 N–H and O–H groups in total. The van der Waals surface area contributed by atoms with Crippen LogP contribution < -0.4 is 5.73 Å². The van der Waals surface area contributed by atoms with Gasteiger partial charge in [0.05, 0.1) is 6.10 Å². The lowest BCUT2D eigenvalue weighted by atomic mass is 10.0. The normalized spacial score (nSPS) is 23.1. The lowest BCUT2D eigenvalue weighted by molar-refractivity contribution is 0.0612. The predicted octanol–water partition coefficient (Wildman–Crippen LogP) is 3.10. The standard InChI is InChI=1S/C14H20Cl2N2O/c1-10-9-18(5-2-6-19-10)14(8-17)12-4-3-11(15)7-13(12)16/h3-4,7,10,14H,2,5-6,8-9,17H2,1H3. The number of hydrogen-bond acceptors (Lipinski definition) is 3. The summed E-state index contributed by atoms with van der Waals surface area (Å²) >= 11 is 12.3. The van der Waals surface area contributed by atoms with Crippen LogP contribution in [-0.2, 0) is 4.74 Å². The Bertz CT molecular complexity index is 428. The summed E-state index contributed by atoms with van der Waals surface area (Å²) < 4.78 is 5.68. The highest BCUT2D eigenvalue weighted by Crippen LogP contribution is 2.30. The van der Waals surface area contributed by atoms with Gasteiger partial charge in [0, 0.05) is 42.3 Å². The van der Waals surface area contributed by atoms with Crippen LogP contribution in [0.1, 0.15) is 24.9 Å². The van der Waals surface area contributed by atoms with E-state index in [1.807, 2.05) is 12.1 Å². The zero-order valence-electron chi connectivity index (χ0n) is 11.1. The number of rotatable bonds is 3. The summed E-state index contributed by atoms with van der Waals surface area (Å²) in [5.74, 6) is 0. The van der Waals surface area contributed by atoms with Gasteiger partial charge in [-0.2, -0.15) is 0 Å². The summed E-state index contributed by atoms with van der Waals surface area (Å²) in [5, 5.41) is 1.33. The van der Waals surface area contributed by atoms with E-state index in [0.29, 0.717) is 16.6 Å². The van der Waals surface area contributed by atoms with Crippen molar-refractivity contribution in [1.82, 2.24) is 4.90 Å². The van der Waals surface area contributed by atoms with Gasteiger partial charge in [-0.15, -0.1) is 0 Å². The van der Waals surface area contributed by atoms with Crippen LogP contribution in [0.4, 0.5) is 0 Å². The summed E-state index contributed by atoms with van der Waals surface area (Å²) in [4.78, 5) is 2.35. The lowest BCUT2D eigenvalue weighted by Gasteiger charge is -2.31. The first-order valence-corrected chi connectivity index (χ1v) is 7.38. The van der Waals surface area contributed by atoms with Crippen LogP contribution in [0, 0.1) is 0 Å². The minimum atomic E-state index is 0.119. The van der Waals surface area contributed by atoms with Crippen molar-refractivity contribution in [3.8, 4) is 0 Å². The molecule has 0 saturated carbocycles. The monoisotopic (exact) mass is 302 g/mol. The number of nitrogens with two attached hydrogens (primary N) is 1. The van der Waals surface area contributed by atoms with E-state index in [1.165, 1.54) is 0 Å². The molecule has 0 bridgehead atoms. The molecule has 5 heteroatoms. The van der Waals surface area contributed by atoms with Gasteiger partial charge in [0.2, 0.25) is 0 Å². The summed E-state index contributed by atoms with van der Waals surface area (Å²) in [6, 6.07) is 5.73.